The number of ketones is 1. The summed E-state index contributed by atoms with van der Waals surface area (Å²) in [6.45, 7) is 1.62. The van der Waals surface area contributed by atoms with Crippen molar-refractivity contribution >= 4 is 23.3 Å². The normalized spacial score (nSPS) is 13.7. The molecule has 0 spiro atoms. The molecule has 3 N–H and O–H groups in total. The maximum Gasteiger partial charge on any atom is 0.299 e. The molecule has 0 saturated carbocycles. The molecule has 1 heterocycles. The highest BCUT2D eigenvalue weighted by Gasteiger charge is 2.37. The lowest BCUT2D eigenvalue weighted by Crippen LogP contribution is -2.36. The number of fused-ring (bicyclic) bond motifs is 1. The number of hydrogen-bond acceptors (Lipinski definition) is 4. The molecular weight excluding hydrogens is 253 g/mol. The van der Waals surface area contributed by atoms with E-state index in [0.29, 0.717) is 11.3 Å². The Morgan fingerprint density at radius 2 is 2.11 bits per heavy atom. The lowest BCUT2D eigenvalue weighted by Gasteiger charge is -2.17. The zero-order valence-electron chi connectivity index (χ0n) is 10.2. The van der Waals surface area contributed by atoms with Gasteiger partial charge in [-0.1, -0.05) is 0 Å². The minimum Gasteiger partial charge on any atom is -0.304 e. The molecule has 1 aliphatic heterocycles. The third kappa shape index (κ3) is 2.19. The quantitative estimate of drug-likeness (QED) is 0.349. The fraction of sp³-hybridized carbons (Fsp3) is 0.250. The molecule has 0 aliphatic carbocycles. The van der Waals surface area contributed by atoms with E-state index in [-0.39, 0.29) is 18.5 Å². The van der Waals surface area contributed by atoms with Gasteiger partial charge in [0.25, 0.3) is 11.7 Å². The average molecular weight is 265 g/mol. The lowest BCUT2D eigenvalue weighted by atomic mass is 10.1. The third-order valence-corrected chi connectivity index (χ3v) is 2.94. The van der Waals surface area contributed by atoms with Crippen LogP contribution in [0.15, 0.2) is 12.1 Å². The van der Waals surface area contributed by atoms with Crippen LogP contribution in [-0.4, -0.2) is 24.1 Å². The molecule has 0 fully saturated rings. The fourth-order valence-corrected chi connectivity index (χ4v) is 2.11. The SMILES string of the molecule is Cc1cc(F)cc2c1N(CCC(=O)NN)C(=O)C2=O. The summed E-state index contributed by atoms with van der Waals surface area (Å²) < 4.78 is 13.3. The van der Waals surface area contributed by atoms with E-state index >= 15 is 0 Å². The number of nitrogens with two attached hydrogens (primary N) is 1. The van der Waals surface area contributed by atoms with Crippen molar-refractivity contribution in [3.05, 3.63) is 29.1 Å². The molecule has 0 atom stereocenters. The summed E-state index contributed by atoms with van der Waals surface area (Å²) in [5.74, 6) is 2.41. The molecule has 1 aromatic rings. The van der Waals surface area contributed by atoms with Crippen LogP contribution in [-0.2, 0) is 9.59 Å². The molecule has 0 bridgehead atoms. The van der Waals surface area contributed by atoms with Crippen LogP contribution in [0.3, 0.4) is 0 Å². The Labute approximate surface area is 108 Å². The van der Waals surface area contributed by atoms with Gasteiger partial charge in [0.2, 0.25) is 5.91 Å². The number of anilines is 1. The van der Waals surface area contributed by atoms with Crippen LogP contribution in [0, 0.1) is 12.7 Å². The first kappa shape index (κ1) is 13.2. The molecule has 19 heavy (non-hydrogen) atoms. The molecule has 0 radical (unpaired) electrons. The van der Waals surface area contributed by atoms with Crippen LogP contribution >= 0.6 is 0 Å². The molecule has 6 nitrogen and oxygen atoms in total. The first-order valence-corrected chi connectivity index (χ1v) is 5.61. The van der Waals surface area contributed by atoms with Gasteiger partial charge < -0.3 is 4.90 Å². The van der Waals surface area contributed by atoms with Crippen LogP contribution in [0.4, 0.5) is 10.1 Å². The summed E-state index contributed by atoms with van der Waals surface area (Å²) in [5.41, 5.74) is 2.82. The number of rotatable bonds is 3. The molecule has 1 aromatic carbocycles. The number of halogens is 1. The first-order valence-electron chi connectivity index (χ1n) is 5.61. The van der Waals surface area contributed by atoms with Gasteiger partial charge >= 0.3 is 0 Å². The minimum atomic E-state index is -0.759. The monoisotopic (exact) mass is 265 g/mol. The van der Waals surface area contributed by atoms with Gasteiger partial charge in [-0.15, -0.1) is 0 Å². The number of carbonyl (C=O) groups is 3. The van der Waals surface area contributed by atoms with Crippen LogP contribution < -0.4 is 16.2 Å². The van der Waals surface area contributed by atoms with Gasteiger partial charge in [0, 0.05) is 13.0 Å². The van der Waals surface area contributed by atoms with E-state index in [9.17, 15) is 18.8 Å². The second kappa shape index (κ2) is 4.77. The zero-order valence-corrected chi connectivity index (χ0v) is 10.2. The topological polar surface area (TPSA) is 92.5 Å². The van der Waals surface area contributed by atoms with Gasteiger partial charge in [0.05, 0.1) is 11.3 Å². The molecule has 1 aliphatic rings. The van der Waals surface area contributed by atoms with Crippen molar-refractivity contribution in [3.63, 3.8) is 0 Å². The van der Waals surface area contributed by atoms with E-state index in [1.54, 1.807) is 6.92 Å². The van der Waals surface area contributed by atoms with Gasteiger partial charge in [-0.05, 0) is 24.6 Å². The van der Waals surface area contributed by atoms with E-state index in [0.717, 1.165) is 6.07 Å². The van der Waals surface area contributed by atoms with Crippen molar-refractivity contribution in [2.24, 2.45) is 5.84 Å². The number of nitrogens with zero attached hydrogens (tertiary/aromatic N) is 1. The van der Waals surface area contributed by atoms with Crippen molar-refractivity contribution in [1.82, 2.24) is 5.43 Å². The Bertz CT molecular complexity index is 586. The predicted octanol–water partition coefficient (Wildman–Crippen LogP) is 0.0434. The standard InChI is InChI=1S/C12H12FN3O3/c1-6-4-7(13)5-8-10(6)16(12(19)11(8)18)3-2-9(17)15-14/h4-5H,2-3,14H2,1H3,(H,15,17). The number of hydrogen-bond donors (Lipinski definition) is 2. The Morgan fingerprint density at radius 3 is 2.74 bits per heavy atom. The molecule has 7 heteroatoms. The number of benzene rings is 1. The second-order valence-corrected chi connectivity index (χ2v) is 4.22. The number of amides is 2. The van der Waals surface area contributed by atoms with Crippen LogP contribution in [0.5, 0.6) is 0 Å². The molecule has 2 amide bonds. The third-order valence-electron chi connectivity index (χ3n) is 2.94. The highest BCUT2D eigenvalue weighted by Crippen LogP contribution is 2.33. The number of nitrogens with one attached hydrogen (secondary N) is 1. The van der Waals surface area contributed by atoms with Gasteiger partial charge in [-0.3, -0.25) is 19.8 Å². The largest absolute Gasteiger partial charge is 0.304 e. The van der Waals surface area contributed by atoms with Crippen molar-refractivity contribution in [3.8, 4) is 0 Å². The molecule has 0 aromatic heterocycles. The van der Waals surface area contributed by atoms with Crippen LogP contribution in [0.25, 0.3) is 0 Å². The van der Waals surface area contributed by atoms with E-state index in [2.05, 4.69) is 0 Å². The summed E-state index contributed by atoms with van der Waals surface area (Å²) in [4.78, 5) is 35.8. The summed E-state index contributed by atoms with van der Waals surface area (Å²) >= 11 is 0. The van der Waals surface area contributed by atoms with Crippen molar-refractivity contribution < 1.29 is 18.8 Å². The van der Waals surface area contributed by atoms with Crippen molar-refractivity contribution in [2.75, 3.05) is 11.4 Å². The zero-order chi connectivity index (χ0) is 14.2. The number of carbonyl (C=O) groups excluding carboxylic acids is 3. The Morgan fingerprint density at radius 1 is 1.42 bits per heavy atom. The maximum absolute atomic E-state index is 13.3. The van der Waals surface area contributed by atoms with Crippen molar-refractivity contribution in [1.29, 1.82) is 0 Å². The van der Waals surface area contributed by atoms with E-state index in [4.69, 9.17) is 5.84 Å². The van der Waals surface area contributed by atoms with Crippen molar-refractivity contribution in [2.45, 2.75) is 13.3 Å². The Hall–Kier alpha value is -2.28. The van der Waals surface area contributed by atoms with E-state index in [1.807, 2.05) is 5.43 Å². The molecular formula is C12H12FN3O3. The minimum absolute atomic E-state index is 0.0209. The average Bonchev–Trinajstić information content (AvgIpc) is 2.60. The van der Waals surface area contributed by atoms with E-state index < -0.39 is 23.4 Å². The van der Waals surface area contributed by atoms with Gasteiger partial charge in [-0.2, -0.15) is 0 Å². The first-order chi connectivity index (χ1) is 8.95. The summed E-state index contributed by atoms with van der Waals surface area (Å²) in [7, 11) is 0. The molecule has 100 valence electrons. The lowest BCUT2D eigenvalue weighted by molar-refractivity contribution is -0.121. The molecule has 0 saturated heterocycles. The van der Waals surface area contributed by atoms with E-state index in [1.165, 1.54) is 11.0 Å². The fourth-order valence-electron chi connectivity index (χ4n) is 2.11. The number of aryl methyl sites for hydroxylation is 1. The Kier molecular flexibility index (Phi) is 3.30. The smallest absolute Gasteiger partial charge is 0.299 e. The van der Waals surface area contributed by atoms with Crippen LogP contribution in [0.1, 0.15) is 22.3 Å². The predicted molar refractivity (Wildman–Crippen MR) is 64.8 cm³/mol. The Balaban J connectivity index is 2.36. The highest BCUT2D eigenvalue weighted by atomic mass is 19.1. The summed E-state index contributed by atoms with van der Waals surface area (Å²) in [6.07, 6.45) is -0.0359. The second-order valence-electron chi connectivity index (χ2n) is 4.22. The maximum atomic E-state index is 13.3. The molecule has 0 unspecified atom stereocenters. The molecule has 2 rings (SSSR count). The van der Waals surface area contributed by atoms with Crippen LogP contribution in [0.2, 0.25) is 0 Å². The summed E-state index contributed by atoms with van der Waals surface area (Å²) in [6, 6.07) is 2.27. The van der Waals surface area contributed by atoms with Gasteiger partial charge in [0.15, 0.2) is 0 Å². The number of hydrazine groups is 1. The summed E-state index contributed by atoms with van der Waals surface area (Å²) in [5, 5.41) is 0. The highest BCUT2D eigenvalue weighted by molar-refractivity contribution is 6.52. The van der Waals surface area contributed by atoms with Gasteiger partial charge in [-0.25, -0.2) is 10.2 Å². The van der Waals surface area contributed by atoms with Gasteiger partial charge in [0.1, 0.15) is 5.82 Å². The number of Topliss-reactive ketones (excluding diaryl/α,β-unsaturated/α-hetero) is 1.